The molecule has 0 bridgehead atoms. The maximum atomic E-state index is 12.1. The standard InChI is InChI=1S/C15H17NO4/c1-10-15(18,6-7-19-10)9-16-14(17)13-8-11-4-2-3-5-12(11)20-13/h2-5,8,10,18H,6-7,9H2,1H3,(H,16,17). The van der Waals surface area contributed by atoms with Gasteiger partial charge in [-0.3, -0.25) is 4.79 Å². The molecule has 1 aromatic heterocycles. The van der Waals surface area contributed by atoms with Crippen LogP contribution in [0.5, 0.6) is 0 Å². The molecule has 2 unspecified atom stereocenters. The van der Waals surface area contributed by atoms with Crippen LogP contribution in [0.4, 0.5) is 0 Å². The Morgan fingerprint density at radius 2 is 2.30 bits per heavy atom. The quantitative estimate of drug-likeness (QED) is 0.894. The predicted octanol–water partition coefficient (Wildman–Crippen LogP) is 1.70. The highest BCUT2D eigenvalue weighted by Gasteiger charge is 2.39. The van der Waals surface area contributed by atoms with E-state index in [1.807, 2.05) is 24.3 Å². The fourth-order valence-corrected chi connectivity index (χ4v) is 2.42. The summed E-state index contributed by atoms with van der Waals surface area (Å²) in [5, 5.41) is 13.9. The van der Waals surface area contributed by atoms with Crippen molar-refractivity contribution in [3.05, 3.63) is 36.1 Å². The van der Waals surface area contributed by atoms with E-state index in [4.69, 9.17) is 9.15 Å². The first kappa shape index (κ1) is 13.1. The van der Waals surface area contributed by atoms with Gasteiger partial charge in [-0.1, -0.05) is 18.2 Å². The molecule has 5 nitrogen and oxygen atoms in total. The van der Waals surface area contributed by atoms with Crippen LogP contribution in [-0.2, 0) is 4.74 Å². The Morgan fingerprint density at radius 3 is 3.00 bits per heavy atom. The fourth-order valence-electron chi connectivity index (χ4n) is 2.42. The number of furan rings is 1. The lowest BCUT2D eigenvalue weighted by Crippen LogP contribution is -2.47. The molecule has 0 aliphatic carbocycles. The van der Waals surface area contributed by atoms with Gasteiger partial charge in [0.15, 0.2) is 5.76 Å². The zero-order chi connectivity index (χ0) is 14.2. The molecule has 5 heteroatoms. The molecule has 1 amide bonds. The third-order valence-electron chi connectivity index (χ3n) is 3.86. The van der Waals surface area contributed by atoms with Crippen molar-refractivity contribution in [3.63, 3.8) is 0 Å². The molecule has 1 aliphatic heterocycles. The van der Waals surface area contributed by atoms with Gasteiger partial charge in [0.2, 0.25) is 0 Å². The van der Waals surface area contributed by atoms with Crippen LogP contribution in [-0.4, -0.2) is 35.9 Å². The molecule has 3 rings (SSSR count). The van der Waals surface area contributed by atoms with Crippen LogP contribution in [0.3, 0.4) is 0 Å². The molecule has 20 heavy (non-hydrogen) atoms. The highest BCUT2D eigenvalue weighted by atomic mass is 16.5. The molecule has 1 aromatic carbocycles. The first-order chi connectivity index (χ1) is 9.58. The first-order valence-corrected chi connectivity index (χ1v) is 6.69. The summed E-state index contributed by atoms with van der Waals surface area (Å²) in [7, 11) is 0. The van der Waals surface area contributed by atoms with Gasteiger partial charge < -0.3 is 19.6 Å². The second-order valence-corrected chi connectivity index (χ2v) is 5.20. The minimum Gasteiger partial charge on any atom is -0.451 e. The molecular weight excluding hydrogens is 258 g/mol. The average Bonchev–Trinajstić information content (AvgIpc) is 3.01. The molecule has 2 heterocycles. The van der Waals surface area contributed by atoms with E-state index in [0.717, 1.165) is 5.39 Å². The van der Waals surface area contributed by atoms with E-state index in [9.17, 15) is 9.90 Å². The minimum atomic E-state index is -0.998. The van der Waals surface area contributed by atoms with Crippen molar-refractivity contribution in [1.29, 1.82) is 0 Å². The van der Waals surface area contributed by atoms with Gasteiger partial charge in [0, 0.05) is 25.0 Å². The Morgan fingerprint density at radius 1 is 1.50 bits per heavy atom. The minimum absolute atomic E-state index is 0.157. The summed E-state index contributed by atoms with van der Waals surface area (Å²) in [6.45, 7) is 2.47. The number of aliphatic hydroxyl groups is 1. The number of hydrogen-bond acceptors (Lipinski definition) is 4. The van der Waals surface area contributed by atoms with Crippen LogP contribution in [0.2, 0.25) is 0 Å². The molecular formula is C15H17NO4. The number of amides is 1. The third kappa shape index (κ3) is 2.30. The lowest BCUT2D eigenvalue weighted by atomic mass is 9.97. The van der Waals surface area contributed by atoms with Crippen LogP contribution in [0.15, 0.2) is 34.7 Å². The smallest absolute Gasteiger partial charge is 0.287 e. The number of carbonyl (C=O) groups excluding carboxylic acids is 1. The highest BCUT2D eigenvalue weighted by Crippen LogP contribution is 2.25. The van der Waals surface area contributed by atoms with Crippen molar-refractivity contribution in [2.24, 2.45) is 0 Å². The van der Waals surface area contributed by atoms with Gasteiger partial charge in [-0.25, -0.2) is 0 Å². The Labute approximate surface area is 116 Å². The number of para-hydroxylation sites is 1. The van der Waals surface area contributed by atoms with Gasteiger partial charge in [0.1, 0.15) is 11.2 Å². The molecule has 2 aromatic rings. The number of carbonyl (C=O) groups is 1. The van der Waals surface area contributed by atoms with Crippen molar-refractivity contribution in [2.75, 3.05) is 13.2 Å². The zero-order valence-corrected chi connectivity index (χ0v) is 11.3. The summed E-state index contributed by atoms with van der Waals surface area (Å²) in [6, 6.07) is 9.14. The Kier molecular flexibility index (Phi) is 3.23. The van der Waals surface area contributed by atoms with Gasteiger partial charge in [-0.15, -0.1) is 0 Å². The number of hydrogen-bond donors (Lipinski definition) is 2. The second kappa shape index (κ2) is 4.92. The summed E-state index contributed by atoms with van der Waals surface area (Å²) >= 11 is 0. The Balaban J connectivity index is 1.70. The van der Waals surface area contributed by atoms with Gasteiger partial charge in [-0.2, -0.15) is 0 Å². The molecule has 106 valence electrons. The second-order valence-electron chi connectivity index (χ2n) is 5.20. The van der Waals surface area contributed by atoms with Crippen LogP contribution in [0.1, 0.15) is 23.9 Å². The van der Waals surface area contributed by atoms with Gasteiger partial charge in [-0.05, 0) is 19.1 Å². The van der Waals surface area contributed by atoms with Crippen LogP contribution in [0.25, 0.3) is 11.0 Å². The van der Waals surface area contributed by atoms with E-state index >= 15 is 0 Å². The molecule has 1 fully saturated rings. The van der Waals surface area contributed by atoms with Crippen molar-refractivity contribution >= 4 is 16.9 Å². The van der Waals surface area contributed by atoms with E-state index in [0.29, 0.717) is 18.6 Å². The molecule has 0 saturated carbocycles. The number of fused-ring (bicyclic) bond motifs is 1. The molecule has 2 N–H and O–H groups in total. The summed E-state index contributed by atoms with van der Waals surface area (Å²) < 4.78 is 10.8. The largest absolute Gasteiger partial charge is 0.451 e. The predicted molar refractivity (Wildman–Crippen MR) is 73.5 cm³/mol. The highest BCUT2D eigenvalue weighted by molar-refractivity contribution is 5.96. The summed E-state index contributed by atoms with van der Waals surface area (Å²) in [5.41, 5.74) is -0.323. The lowest BCUT2D eigenvalue weighted by Gasteiger charge is -2.25. The Hall–Kier alpha value is -1.85. The molecule has 2 atom stereocenters. The number of benzene rings is 1. The monoisotopic (exact) mass is 275 g/mol. The van der Waals surface area contributed by atoms with Crippen LogP contribution < -0.4 is 5.32 Å². The maximum Gasteiger partial charge on any atom is 0.287 e. The van der Waals surface area contributed by atoms with E-state index in [2.05, 4.69) is 5.32 Å². The van der Waals surface area contributed by atoms with E-state index in [-0.39, 0.29) is 24.3 Å². The van der Waals surface area contributed by atoms with Gasteiger partial charge in [0.25, 0.3) is 5.91 Å². The summed E-state index contributed by atoms with van der Waals surface area (Å²) in [5.74, 6) is -0.0740. The van der Waals surface area contributed by atoms with Gasteiger partial charge >= 0.3 is 0 Å². The van der Waals surface area contributed by atoms with Crippen molar-refractivity contribution in [2.45, 2.75) is 25.0 Å². The van der Waals surface area contributed by atoms with Crippen molar-refractivity contribution in [3.8, 4) is 0 Å². The summed E-state index contributed by atoms with van der Waals surface area (Å²) in [6.07, 6.45) is 0.243. The normalized spacial score (nSPS) is 26.0. The summed E-state index contributed by atoms with van der Waals surface area (Å²) in [4.78, 5) is 12.1. The van der Waals surface area contributed by atoms with E-state index < -0.39 is 5.60 Å². The average molecular weight is 275 g/mol. The topological polar surface area (TPSA) is 71.7 Å². The fraction of sp³-hybridized carbons (Fsp3) is 0.400. The van der Waals surface area contributed by atoms with Crippen LogP contribution in [0, 0.1) is 0 Å². The molecule has 0 radical (unpaired) electrons. The number of nitrogens with one attached hydrogen (secondary N) is 1. The molecule has 1 aliphatic rings. The van der Waals surface area contributed by atoms with Crippen molar-refractivity contribution < 1.29 is 19.1 Å². The Bertz CT molecular complexity index is 603. The molecule has 1 saturated heterocycles. The van der Waals surface area contributed by atoms with E-state index in [1.54, 1.807) is 13.0 Å². The lowest BCUT2D eigenvalue weighted by molar-refractivity contribution is -0.0252. The van der Waals surface area contributed by atoms with Crippen molar-refractivity contribution in [1.82, 2.24) is 5.32 Å². The number of rotatable bonds is 3. The number of ether oxygens (including phenoxy) is 1. The third-order valence-corrected chi connectivity index (χ3v) is 3.86. The first-order valence-electron chi connectivity index (χ1n) is 6.69. The maximum absolute atomic E-state index is 12.1. The van der Waals surface area contributed by atoms with Crippen LogP contribution >= 0.6 is 0 Å². The molecule has 0 spiro atoms. The van der Waals surface area contributed by atoms with Gasteiger partial charge in [0.05, 0.1) is 6.10 Å². The van der Waals surface area contributed by atoms with E-state index in [1.165, 1.54) is 0 Å². The SMILES string of the molecule is CC1OCCC1(O)CNC(=O)c1cc2ccccc2o1. The zero-order valence-electron chi connectivity index (χ0n) is 11.3.